The number of nitrogens with zero attached hydrogens (tertiary/aromatic N) is 1. The number of aromatic nitrogens is 1. The number of rotatable bonds is 3. The summed E-state index contributed by atoms with van der Waals surface area (Å²) in [6.07, 6.45) is 0.664. The molecule has 1 heterocycles. The van der Waals surface area contributed by atoms with Crippen molar-refractivity contribution in [3.05, 3.63) is 40.8 Å². The molecule has 0 aliphatic rings. The Kier molecular flexibility index (Phi) is 3.04. The summed E-state index contributed by atoms with van der Waals surface area (Å²) >= 11 is 0. The Morgan fingerprint density at radius 3 is 2.71 bits per heavy atom. The molecule has 0 aliphatic heterocycles. The maximum absolute atomic E-state index is 5.52. The van der Waals surface area contributed by atoms with Crippen LogP contribution in [-0.4, -0.2) is 12.1 Å². The predicted octanol–water partition coefficient (Wildman–Crippen LogP) is 2.47. The topological polar surface area (TPSA) is 61.3 Å². The molecule has 0 saturated carbocycles. The maximum Gasteiger partial charge on any atom is 0.292 e. The summed E-state index contributed by atoms with van der Waals surface area (Å²) < 4.78 is 10.5. The number of anilines is 1. The van der Waals surface area contributed by atoms with Gasteiger partial charge in [-0.25, -0.2) is 0 Å². The highest BCUT2D eigenvalue weighted by Crippen LogP contribution is 2.24. The van der Waals surface area contributed by atoms with Crippen LogP contribution in [0.3, 0.4) is 0 Å². The van der Waals surface area contributed by atoms with Crippen LogP contribution in [0.15, 0.2) is 22.6 Å². The average Bonchev–Trinajstić information content (AvgIpc) is 2.58. The van der Waals surface area contributed by atoms with E-state index in [1.165, 1.54) is 5.56 Å². The van der Waals surface area contributed by atoms with Gasteiger partial charge in [0.1, 0.15) is 11.5 Å². The highest BCUT2D eigenvalue weighted by molar-refractivity contribution is 5.40. The zero-order chi connectivity index (χ0) is 12.4. The number of methoxy groups -OCH3 is 1. The molecule has 0 radical (unpaired) electrons. The molecule has 0 unspecified atom stereocenters. The van der Waals surface area contributed by atoms with Gasteiger partial charge in [-0.15, -0.1) is 0 Å². The van der Waals surface area contributed by atoms with Gasteiger partial charge in [0.15, 0.2) is 0 Å². The third kappa shape index (κ3) is 2.41. The Bertz CT molecular complexity index is 532. The van der Waals surface area contributed by atoms with Crippen LogP contribution in [0.25, 0.3) is 0 Å². The van der Waals surface area contributed by atoms with Crippen molar-refractivity contribution in [2.45, 2.75) is 20.3 Å². The summed E-state index contributed by atoms with van der Waals surface area (Å²) in [4.78, 5) is 4.17. The SMILES string of the molecule is COc1ccc(C)cc1Cc1nc(N)oc1C. The highest BCUT2D eigenvalue weighted by Gasteiger charge is 2.11. The number of hydrogen-bond acceptors (Lipinski definition) is 4. The fraction of sp³-hybridized carbons (Fsp3) is 0.308. The maximum atomic E-state index is 5.52. The lowest BCUT2D eigenvalue weighted by atomic mass is 10.1. The van der Waals surface area contributed by atoms with Crippen molar-refractivity contribution < 1.29 is 9.15 Å². The van der Waals surface area contributed by atoms with Crippen LogP contribution < -0.4 is 10.5 Å². The van der Waals surface area contributed by atoms with Crippen molar-refractivity contribution >= 4 is 6.01 Å². The average molecular weight is 232 g/mol. The van der Waals surface area contributed by atoms with Crippen LogP contribution in [0, 0.1) is 13.8 Å². The molecular formula is C13H16N2O2. The van der Waals surface area contributed by atoms with E-state index >= 15 is 0 Å². The number of hydrogen-bond donors (Lipinski definition) is 1. The van der Waals surface area contributed by atoms with Gasteiger partial charge in [-0.1, -0.05) is 17.7 Å². The highest BCUT2D eigenvalue weighted by atomic mass is 16.5. The van der Waals surface area contributed by atoms with Crippen LogP contribution in [0.4, 0.5) is 6.01 Å². The standard InChI is InChI=1S/C13H16N2O2/c1-8-4-5-12(16-3)10(6-8)7-11-9(2)17-13(14)15-11/h4-6H,7H2,1-3H3,(H2,14,15). The number of benzene rings is 1. The molecule has 2 rings (SSSR count). The first-order chi connectivity index (χ1) is 8.10. The minimum absolute atomic E-state index is 0.212. The zero-order valence-electron chi connectivity index (χ0n) is 10.3. The van der Waals surface area contributed by atoms with Gasteiger partial charge in [0.2, 0.25) is 0 Å². The van der Waals surface area contributed by atoms with E-state index in [1.54, 1.807) is 7.11 Å². The first-order valence-corrected chi connectivity index (χ1v) is 5.45. The van der Waals surface area contributed by atoms with E-state index in [2.05, 4.69) is 11.1 Å². The van der Waals surface area contributed by atoms with E-state index in [-0.39, 0.29) is 6.01 Å². The van der Waals surface area contributed by atoms with E-state index in [4.69, 9.17) is 14.9 Å². The Morgan fingerprint density at radius 1 is 1.35 bits per heavy atom. The Hall–Kier alpha value is -1.97. The van der Waals surface area contributed by atoms with Gasteiger partial charge in [-0.2, -0.15) is 4.98 Å². The molecule has 0 atom stereocenters. The Morgan fingerprint density at radius 2 is 2.12 bits per heavy atom. The minimum atomic E-state index is 0.212. The first kappa shape index (κ1) is 11.5. The lowest BCUT2D eigenvalue weighted by Gasteiger charge is -2.08. The van der Waals surface area contributed by atoms with Crippen LogP contribution in [-0.2, 0) is 6.42 Å². The third-order valence-electron chi connectivity index (χ3n) is 2.70. The third-order valence-corrected chi connectivity index (χ3v) is 2.70. The summed E-state index contributed by atoms with van der Waals surface area (Å²) in [6.45, 7) is 3.91. The van der Waals surface area contributed by atoms with Crippen LogP contribution in [0.2, 0.25) is 0 Å². The molecule has 2 N–H and O–H groups in total. The summed E-state index contributed by atoms with van der Waals surface area (Å²) in [5.74, 6) is 1.61. The molecule has 90 valence electrons. The number of aryl methyl sites for hydroxylation is 2. The summed E-state index contributed by atoms with van der Waals surface area (Å²) in [6, 6.07) is 6.28. The molecule has 0 fully saturated rings. The van der Waals surface area contributed by atoms with Crippen molar-refractivity contribution in [3.63, 3.8) is 0 Å². The Balaban J connectivity index is 2.35. The summed E-state index contributed by atoms with van der Waals surface area (Å²) in [5, 5.41) is 0. The van der Waals surface area contributed by atoms with Crippen molar-refractivity contribution in [2.24, 2.45) is 0 Å². The van der Waals surface area contributed by atoms with Gasteiger partial charge in [-0.3, -0.25) is 0 Å². The molecule has 4 heteroatoms. The summed E-state index contributed by atoms with van der Waals surface area (Å²) in [5.41, 5.74) is 8.65. The van der Waals surface area contributed by atoms with Crippen molar-refractivity contribution in [3.8, 4) is 5.75 Å². The molecule has 0 aliphatic carbocycles. The molecule has 17 heavy (non-hydrogen) atoms. The van der Waals surface area contributed by atoms with E-state index in [9.17, 15) is 0 Å². The molecule has 4 nitrogen and oxygen atoms in total. The molecular weight excluding hydrogens is 216 g/mol. The number of nitrogen functional groups attached to an aromatic ring is 1. The zero-order valence-corrected chi connectivity index (χ0v) is 10.3. The van der Waals surface area contributed by atoms with Gasteiger partial charge in [0, 0.05) is 12.0 Å². The Labute approximate surface area is 100 Å². The van der Waals surface area contributed by atoms with Crippen LogP contribution in [0.1, 0.15) is 22.6 Å². The summed E-state index contributed by atoms with van der Waals surface area (Å²) in [7, 11) is 1.66. The van der Waals surface area contributed by atoms with E-state index in [0.717, 1.165) is 22.8 Å². The number of nitrogens with two attached hydrogens (primary N) is 1. The second kappa shape index (κ2) is 4.49. The smallest absolute Gasteiger partial charge is 0.292 e. The molecule has 0 amide bonds. The van der Waals surface area contributed by atoms with Gasteiger partial charge in [0.05, 0.1) is 12.8 Å². The fourth-order valence-corrected chi connectivity index (χ4v) is 1.84. The molecule has 0 saturated heterocycles. The monoisotopic (exact) mass is 232 g/mol. The molecule has 0 bridgehead atoms. The molecule has 0 spiro atoms. The van der Waals surface area contributed by atoms with E-state index in [0.29, 0.717) is 6.42 Å². The van der Waals surface area contributed by atoms with Crippen LogP contribution in [0.5, 0.6) is 5.75 Å². The van der Waals surface area contributed by atoms with Crippen molar-refractivity contribution in [1.82, 2.24) is 4.98 Å². The largest absolute Gasteiger partial charge is 0.496 e. The van der Waals surface area contributed by atoms with Gasteiger partial charge >= 0.3 is 0 Å². The fourth-order valence-electron chi connectivity index (χ4n) is 1.84. The van der Waals surface area contributed by atoms with E-state index in [1.807, 2.05) is 26.0 Å². The van der Waals surface area contributed by atoms with Gasteiger partial charge in [-0.05, 0) is 19.9 Å². The lowest BCUT2D eigenvalue weighted by Crippen LogP contribution is -1.96. The van der Waals surface area contributed by atoms with Gasteiger partial charge in [0.25, 0.3) is 6.01 Å². The second-order valence-corrected chi connectivity index (χ2v) is 4.05. The van der Waals surface area contributed by atoms with Crippen LogP contribution >= 0.6 is 0 Å². The first-order valence-electron chi connectivity index (χ1n) is 5.45. The normalized spacial score (nSPS) is 10.5. The molecule has 2 aromatic rings. The van der Waals surface area contributed by atoms with Gasteiger partial charge < -0.3 is 14.9 Å². The predicted molar refractivity (Wildman–Crippen MR) is 66.2 cm³/mol. The molecule has 1 aromatic carbocycles. The molecule has 1 aromatic heterocycles. The lowest BCUT2D eigenvalue weighted by molar-refractivity contribution is 0.410. The second-order valence-electron chi connectivity index (χ2n) is 4.05. The number of oxazole rings is 1. The van der Waals surface area contributed by atoms with E-state index < -0.39 is 0 Å². The van der Waals surface area contributed by atoms with Crippen molar-refractivity contribution in [1.29, 1.82) is 0 Å². The quantitative estimate of drug-likeness (QED) is 0.883. The van der Waals surface area contributed by atoms with Crippen molar-refractivity contribution in [2.75, 3.05) is 12.8 Å². The minimum Gasteiger partial charge on any atom is -0.496 e. The number of ether oxygens (including phenoxy) is 1.